The van der Waals surface area contributed by atoms with Crippen molar-refractivity contribution < 1.29 is 4.74 Å². The second-order valence-electron chi connectivity index (χ2n) is 4.29. The summed E-state index contributed by atoms with van der Waals surface area (Å²) >= 11 is 1.70. The van der Waals surface area contributed by atoms with Crippen molar-refractivity contribution in [2.24, 2.45) is 0 Å². The molecule has 0 aliphatic carbocycles. The van der Waals surface area contributed by atoms with Gasteiger partial charge in [-0.2, -0.15) is 0 Å². The summed E-state index contributed by atoms with van der Waals surface area (Å²) in [5.74, 6) is 0.744. The van der Waals surface area contributed by atoms with E-state index in [4.69, 9.17) is 4.74 Å². The molecule has 1 fully saturated rings. The predicted molar refractivity (Wildman–Crippen MR) is 71.8 cm³/mol. The number of thioether (sulfide) groups is 1. The molecule has 2 heterocycles. The molecule has 0 radical (unpaired) electrons. The fraction of sp³-hybridized carbons (Fsp3) is 0.615. The number of unbranched alkanes of at least 4 members (excludes halogenated alkanes) is 2. The first kappa shape index (κ1) is 12.7. The molecule has 94 valence electrons. The summed E-state index contributed by atoms with van der Waals surface area (Å²) in [7, 11) is 0. The van der Waals surface area contributed by atoms with Crippen molar-refractivity contribution in [3.8, 4) is 5.88 Å². The molecule has 1 aliphatic rings. The van der Waals surface area contributed by atoms with E-state index in [0.29, 0.717) is 0 Å². The lowest BCUT2D eigenvalue weighted by molar-refractivity contribution is 0.292. The molecule has 0 N–H and O–H groups in total. The van der Waals surface area contributed by atoms with Crippen molar-refractivity contribution in [1.82, 2.24) is 9.88 Å². The molecule has 0 aromatic carbocycles. The van der Waals surface area contributed by atoms with Gasteiger partial charge in [-0.3, -0.25) is 0 Å². The van der Waals surface area contributed by atoms with E-state index in [0.717, 1.165) is 18.9 Å². The average molecular weight is 252 g/mol. The Kier molecular flexibility index (Phi) is 5.13. The standard InChI is InChI=1S/C13H20N2OS/c1-17-12-5-6-13(14-11-12)16-10-4-2-3-7-15-8-9-15/h5-6,11H,2-4,7-10H2,1H3. The highest BCUT2D eigenvalue weighted by molar-refractivity contribution is 7.98. The van der Waals surface area contributed by atoms with Crippen LogP contribution in [0.3, 0.4) is 0 Å². The van der Waals surface area contributed by atoms with Crippen molar-refractivity contribution in [1.29, 1.82) is 0 Å². The Bertz CT molecular complexity index is 325. The largest absolute Gasteiger partial charge is 0.478 e. The van der Waals surface area contributed by atoms with Crippen molar-refractivity contribution in [2.75, 3.05) is 32.5 Å². The van der Waals surface area contributed by atoms with Crippen LogP contribution in [0.25, 0.3) is 0 Å². The van der Waals surface area contributed by atoms with E-state index < -0.39 is 0 Å². The number of aromatic nitrogens is 1. The summed E-state index contributed by atoms with van der Waals surface area (Å²) < 4.78 is 5.59. The van der Waals surface area contributed by atoms with Gasteiger partial charge in [0, 0.05) is 30.2 Å². The molecule has 0 amide bonds. The van der Waals surface area contributed by atoms with E-state index in [-0.39, 0.29) is 0 Å². The molecule has 1 aliphatic heterocycles. The van der Waals surface area contributed by atoms with Crippen LogP contribution in [0.5, 0.6) is 5.88 Å². The summed E-state index contributed by atoms with van der Waals surface area (Å²) in [6, 6.07) is 4.00. The van der Waals surface area contributed by atoms with Gasteiger partial charge in [-0.05, 0) is 38.1 Å². The molecule has 17 heavy (non-hydrogen) atoms. The Labute approximate surface area is 108 Å². The first-order valence-corrected chi connectivity index (χ1v) is 7.46. The third-order valence-electron chi connectivity index (χ3n) is 2.85. The molecule has 1 aromatic heterocycles. The van der Waals surface area contributed by atoms with Gasteiger partial charge in [0.05, 0.1) is 6.61 Å². The fourth-order valence-corrected chi connectivity index (χ4v) is 2.02. The number of hydrogen-bond acceptors (Lipinski definition) is 4. The molecule has 2 rings (SSSR count). The van der Waals surface area contributed by atoms with Gasteiger partial charge in [0.2, 0.25) is 5.88 Å². The van der Waals surface area contributed by atoms with Crippen LogP contribution in [-0.4, -0.2) is 42.4 Å². The normalized spacial score (nSPS) is 14.9. The van der Waals surface area contributed by atoms with Gasteiger partial charge in [-0.15, -0.1) is 11.8 Å². The Balaban J connectivity index is 1.53. The third-order valence-corrected chi connectivity index (χ3v) is 3.57. The number of rotatable bonds is 8. The fourth-order valence-electron chi connectivity index (χ4n) is 1.66. The molecular weight excluding hydrogens is 232 g/mol. The zero-order valence-corrected chi connectivity index (χ0v) is 11.2. The van der Waals surface area contributed by atoms with Crippen LogP contribution in [-0.2, 0) is 0 Å². The zero-order chi connectivity index (χ0) is 11.9. The van der Waals surface area contributed by atoms with Crippen LogP contribution in [0.2, 0.25) is 0 Å². The second kappa shape index (κ2) is 6.87. The molecule has 1 saturated heterocycles. The van der Waals surface area contributed by atoms with Gasteiger partial charge in [-0.25, -0.2) is 4.98 Å². The maximum absolute atomic E-state index is 5.59. The molecule has 0 unspecified atom stereocenters. The van der Waals surface area contributed by atoms with E-state index in [1.165, 1.54) is 37.4 Å². The van der Waals surface area contributed by atoms with Gasteiger partial charge in [0.25, 0.3) is 0 Å². The minimum atomic E-state index is 0.744. The number of nitrogens with zero attached hydrogens (tertiary/aromatic N) is 2. The Hall–Kier alpha value is -0.740. The minimum Gasteiger partial charge on any atom is -0.478 e. The van der Waals surface area contributed by atoms with E-state index in [1.807, 2.05) is 24.6 Å². The van der Waals surface area contributed by atoms with Crippen LogP contribution >= 0.6 is 11.8 Å². The molecule has 1 aromatic rings. The van der Waals surface area contributed by atoms with Gasteiger partial charge in [-0.1, -0.05) is 0 Å². The van der Waals surface area contributed by atoms with E-state index in [1.54, 1.807) is 11.8 Å². The molecular formula is C13H20N2OS. The van der Waals surface area contributed by atoms with E-state index in [2.05, 4.69) is 9.88 Å². The van der Waals surface area contributed by atoms with Crippen LogP contribution in [0.4, 0.5) is 0 Å². The van der Waals surface area contributed by atoms with Crippen LogP contribution in [0, 0.1) is 0 Å². The second-order valence-corrected chi connectivity index (χ2v) is 5.17. The zero-order valence-electron chi connectivity index (χ0n) is 10.4. The molecule has 0 bridgehead atoms. The van der Waals surface area contributed by atoms with Crippen LogP contribution < -0.4 is 4.74 Å². The third kappa shape index (κ3) is 4.96. The molecule has 0 atom stereocenters. The van der Waals surface area contributed by atoms with Crippen molar-refractivity contribution >= 4 is 11.8 Å². The Morgan fingerprint density at radius 1 is 1.29 bits per heavy atom. The Morgan fingerprint density at radius 2 is 2.18 bits per heavy atom. The van der Waals surface area contributed by atoms with Gasteiger partial charge in [0.15, 0.2) is 0 Å². The molecule has 0 saturated carbocycles. The summed E-state index contributed by atoms with van der Waals surface area (Å²) in [5, 5.41) is 0. The van der Waals surface area contributed by atoms with Crippen LogP contribution in [0.15, 0.2) is 23.2 Å². The number of pyridine rings is 1. The first-order valence-electron chi connectivity index (χ1n) is 6.24. The summed E-state index contributed by atoms with van der Waals surface area (Å²) in [6.07, 6.45) is 7.58. The van der Waals surface area contributed by atoms with Gasteiger partial charge < -0.3 is 9.64 Å². The van der Waals surface area contributed by atoms with Crippen molar-refractivity contribution in [2.45, 2.75) is 24.2 Å². The first-order chi connectivity index (χ1) is 8.38. The lowest BCUT2D eigenvalue weighted by Gasteiger charge is -2.05. The topological polar surface area (TPSA) is 25.1 Å². The minimum absolute atomic E-state index is 0.744. The maximum Gasteiger partial charge on any atom is 0.213 e. The lowest BCUT2D eigenvalue weighted by atomic mass is 10.2. The van der Waals surface area contributed by atoms with E-state index >= 15 is 0 Å². The summed E-state index contributed by atoms with van der Waals surface area (Å²) in [4.78, 5) is 7.89. The highest BCUT2D eigenvalue weighted by atomic mass is 32.2. The maximum atomic E-state index is 5.59. The molecule has 4 heteroatoms. The SMILES string of the molecule is CSc1ccc(OCCCCCN2CC2)nc1. The lowest BCUT2D eigenvalue weighted by Crippen LogP contribution is -2.02. The summed E-state index contributed by atoms with van der Waals surface area (Å²) in [6.45, 7) is 4.66. The summed E-state index contributed by atoms with van der Waals surface area (Å²) in [5.41, 5.74) is 0. The predicted octanol–water partition coefficient (Wildman–Crippen LogP) is 2.67. The van der Waals surface area contributed by atoms with Gasteiger partial charge >= 0.3 is 0 Å². The van der Waals surface area contributed by atoms with Crippen molar-refractivity contribution in [3.05, 3.63) is 18.3 Å². The van der Waals surface area contributed by atoms with Gasteiger partial charge in [0.1, 0.15) is 0 Å². The smallest absolute Gasteiger partial charge is 0.213 e. The Morgan fingerprint density at radius 3 is 2.82 bits per heavy atom. The van der Waals surface area contributed by atoms with E-state index in [9.17, 15) is 0 Å². The van der Waals surface area contributed by atoms with Crippen LogP contribution in [0.1, 0.15) is 19.3 Å². The van der Waals surface area contributed by atoms with Crippen molar-refractivity contribution in [3.63, 3.8) is 0 Å². The average Bonchev–Trinajstić information content (AvgIpc) is 3.18. The number of hydrogen-bond donors (Lipinski definition) is 0. The monoisotopic (exact) mass is 252 g/mol. The highest BCUT2D eigenvalue weighted by Gasteiger charge is 2.15. The highest BCUT2D eigenvalue weighted by Crippen LogP contribution is 2.16. The number of ether oxygens (including phenoxy) is 1. The quantitative estimate of drug-likeness (QED) is 0.403. The molecule has 0 spiro atoms. The molecule has 3 nitrogen and oxygen atoms in total.